The molecule has 0 aliphatic heterocycles. The minimum Gasteiger partial charge on any atom is -0.491 e. The standard InChI is InChI=1S/C16H22O/c1-6-7-13(4)14(5)15-8-10-16(11-9-15)17-12(2)3/h8-14H,1-5H3. The molecule has 0 radical (unpaired) electrons. The second kappa shape index (κ2) is 6.35. The molecule has 0 aliphatic rings. The van der Waals surface area contributed by atoms with Crippen molar-refractivity contribution in [3.63, 3.8) is 0 Å². The molecule has 0 N–H and O–H groups in total. The van der Waals surface area contributed by atoms with Crippen LogP contribution in [0, 0.1) is 17.8 Å². The maximum absolute atomic E-state index is 5.63. The van der Waals surface area contributed by atoms with E-state index >= 15 is 0 Å². The van der Waals surface area contributed by atoms with Crippen molar-refractivity contribution >= 4 is 0 Å². The van der Waals surface area contributed by atoms with Crippen molar-refractivity contribution in [2.24, 2.45) is 5.92 Å². The van der Waals surface area contributed by atoms with E-state index in [-0.39, 0.29) is 6.10 Å². The fourth-order valence-corrected chi connectivity index (χ4v) is 1.76. The molecule has 2 unspecified atom stereocenters. The highest BCUT2D eigenvalue weighted by atomic mass is 16.5. The first-order chi connectivity index (χ1) is 8.04. The predicted molar refractivity (Wildman–Crippen MR) is 73.2 cm³/mol. The van der Waals surface area contributed by atoms with Crippen molar-refractivity contribution in [3.8, 4) is 17.6 Å². The molecule has 1 aromatic rings. The molecule has 0 saturated heterocycles. The maximum Gasteiger partial charge on any atom is 0.119 e. The van der Waals surface area contributed by atoms with Gasteiger partial charge in [0.1, 0.15) is 5.75 Å². The molecular formula is C16H22O. The number of hydrogen-bond donors (Lipinski definition) is 0. The van der Waals surface area contributed by atoms with Crippen molar-refractivity contribution < 1.29 is 4.74 Å². The van der Waals surface area contributed by atoms with Crippen LogP contribution in [0.2, 0.25) is 0 Å². The Balaban J connectivity index is 2.75. The number of hydrogen-bond acceptors (Lipinski definition) is 1. The summed E-state index contributed by atoms with van der Waals surface area (Å²) in [6, 6.07) is 8.35. The lowest BCUT2D eigenvalue weighted by Crippen LogP contribution is -2.06. The molecular weight excluding hydrogens is 208 g/mol. The Hall–Kier alpha value is -1.42. The van der Waals surface area contributed by atoms with Crippen molar-refractivity contribution in [1.82, 2.24) is 0 Å². The van der Waals surface area contributed by atoms with Gasteiger partial charge in [0.15, 0.2) is 0 Å². The van der Waals surface area contributed by atoms with E-state index in [4.69, 9.17) is 4.74 Å². The second-order valence-corrected chi connectivity index (χ2v) is 4.71. The van der Waals surface area contributed by atoms with Crippen LogP contribution in [0.5, 0.6) is 5.75 Å². The Bertz CT molecular complexity index is 392. The summed E-state index contributed by atoms with van der Waals surface area (Å²) in [5, 5.41) is 0. The van der Waals surface area contributed by atoms with Crippen molar-refractivity contribution in [2.75, 3.05) is 0 Å². The summed E-state index contributed by atoms with van der Waals surface area (Å²) in [7, 11) is 0. The summed E-state index contributed by atoms with van der Waals surface area (Å²) in [6.45, 7) is 10.3. The van der Waals surface area contributed by atoms with Crippen molar-refractivity contribution in [1.29, 1.82) is 0 Å². The van der Waals surface area contributed by atoms with Gasteiger partial charge in [0, 0.05) is 5.92 Å². The average Bonchev–Trinajstić information content (AvgIpc) is 2.28. The molecule has 0 spiro atoms. The highest BCUT2D eigenvalue weighted by Gasteiger charge is 2.12. The molecule has 17 heavy (non-hydrogen) atoms. The Morgan fingerprint density at radius 3 is 2.06 bits per heavy atom. The van der Waals surface area contributed by atoms with Gasteiger partial charge in [-0.25, -0.2) is 0 Å². The molecule has 0 aromatic heterocycles. The molecule has 1 nitrogen and oxygen atoms in total. The zero-order valence-electron chi connectivity index (χ0n) is 11.4. The summed E-state index contributed by atoms with van der Waals surface area (Å²) in [6.07, 6.45) is 0.225. The lowest BCUT2D eigenvalue weighted by atomic mass is 9.89. The zero-order valence-corrected chi connectivity index (χ0v) is 11.4. The third kappa shape index (κ3) is 4.15. The van der Waals surface area contributed by atoms with Gasteiger partial charge in [0.25, 0.3) is 0 Å². The van der Waals surface area contributed by atoms with Crippen LogP contribution in [0.1, 0.15) is 46.1 Å². The fourth-order valence-electron chi connectivity index (χ4n) is 1.76. The van der Waals surface area contributed by atoms with E-state index in [9.17, 15) is 0 Å². The van der Waals surface area contributed by atoms with E-state index in [1.807, 2.05) is 32.9 Å². The molecule has 0 saturated carbocycles. The smallest absolute Gasteiger partial charge is 0.119 e. The fraction of sp³-hybridized carbons (Fsp3) is 0.500. The SMILES string of the molecule is CC#CC(C)C(C)c1ccc(OC(C)C)cc1. The number of rotatable bonds is 4. The van der Waals surface area contributed by atoms with E-state index in [1.165, 1.54) is 5.56 Å². The topological polar surface area (TPSA) is 9.23 Å². The molecule has 1 rings (SSSR count). The van der Waals surface area contributed by atoms with E-state index in [1.54, 1.807) is 0 Å². The monoisotopic (exact) mass is 230 g/mol. The van der Waals surface area contributed by atoms with Crippen molar-refractivity contribution in [2.45, 2.75) is 46.6 Å². The normalized spacial score (nSPS) is 13.8. The molecule has 0 amide bonds. The van der Waals surface area contributed by atoms with Gasteiger partial charge in [-0.05, 0) is 44.4 Å². The predicted octanol–water partition coefficient (Wildman–Crippen LogP) is 4.24. The minimum atomic E-state index is 0.225. The first kappa shape index (κ1) is 13.6. The third-order valence-electron chi connectivity index (χ3n) is 2.90. The van der Waals surface area contributed by atoms with Crippen LogP contribution in [-0.2, 0) is 0 Å². The molecule has 1 aromatic carbocycles. The molecule has 0 bridgehead atoms. The van der Waals surface area contributed by atoms with Crippen LogP contribution >= 0.6 is 0 Å². The van der Waals surface area contributed by atoms with Crippen LogP contribution in [-0.4, -0.2) is 6.10 Å². The zero-order chi connectivity index (χ0) is 12.8. The highest BCUT2D eigenvalue weighted by Crippen LogP contribution is 2.25. The first-order valence-corrected chi connectivity index (χ1v) is 6.23. The van der Waals surface area contributed by atoms with Gasteiger partial charge in [0.2, 0.25) is 0 Å². The Labute approximate surface area is 105 Å². The van der Waals surface area contributed by atoms with Crippen LogP contribution in [0.25, 0.3) is 0 Å². The second-order valence-electron chi connectivity index (χ2n) is 4.71. The third-order valence-corrected chi connectivity index (χ3v) is 2.90. The molecule has 92 valence electrons. The molecule has 2 atom stereocenters. The minimum absolute atomic E-state index is 0.225. The van der Waals surface area contributed by atoms with E-state index in [2.05, 4.69) is 37.8 Å². The van der Waals surface area contributed by atoms with Crippen LogP contribution < -0.4 is 4.74 Å². The highest BCUT2D eigenvalue weighted by molar-refractivity contribution is 5.30. The molecule has 0 aliphatic carbocycles. The summed E-state index contributed by atoms with van der Waals surface area (Å²) in [5.41, 5.74) is 1.32. The van der Waals surface area contributed by atoms with Crippen LogP contribution in [0.4, 0.5) is 0 Å². The van der Waals surface area contributed by atoms with Gasteiger partial charge in [-0.3, -0.25) is 0 Å². The van der Waals surface area contributed by atoms with Gasteiger partial charge in [-0.2, -0.15) is 0 Å². The first-order valence-electron chi connectivity index (χ1n) is 6.23. The Morgan fingerprint density at radius 1 is 1.00 bits per heavy atom. The molecule has 0 fully saturated rings. The van der Waals surface area contributed by atoms with Gasteiger partial charge < -0.3 is 4.74 Å². The largest absolute Gasteiger partial charge is 0.491 e. The van der Waals surface area contributed by atoms with Crippen LogP contribution in [0.15, 0.2) is 24.3 Å². The van der Waals surface area contributed by atoms with E-state index in [0.29, 0.717) is 11.8 Å². The summed E-state index contributed by atoms with van der Waals surface area (Å²) >= 11 is 0. The van der Waals surface area contributed by atoms with Crippen LogP contribution in [0.3, 0.4) is 0 Å². The van der Waals surface area contributed by atoms with Gasteiger partial charge in [-0.1, -0.05) is 31.9 Å². The maximum atomic E-state index is 5.63. The quantitative estimate of drug-likeness (QED) is 0.703. The molecule has 1 heteroatoms. The van der Waals surface area contributed by atoms with Gasteiger partial charge in [-0.15, -0.1) is 5.92 Å². The average molecular weight is 230 g/mol. The van der Waals surface area contributed by atoms with E-state index < -0.39 is 0 Å². The van der Waals surface area contributed by atoms with Crippen molar-refractivity contribution in [3.05, 3.63) is 29.8 Å². The lowest BCUT2D eigenvalue weighted by molar-refractivity contribution is 0.242. The van der Waals surface area contributed by atoms with Gasteiger partial charge >= 0.3 is 0 Å². The summed E-state index contributed by atoms with van der Waals surface area (Å²) in [5.74, 6) is 7.97. The number of ether oxygens (including phenoxy) is 1. The Kier molecular flexibility index (Phi) is 5.10. The lowest BCUT2D eigenvalue weighted by Gasteiger charge is -2.16. The van der Waals surface area contributed by atoms with Gasteiger partial charge in [0.05, 0.1) is 6.10 Å². The van der Waals surface area contributed by atoms with E-state index in [0.717, 1.165) is 5.75 Å². The Morgan fingerprint density at radius 2 is 1.59 bits per heavy atom. The molecule has 0 heterocycles. The number of benzene rings is 1. The summed E-state index contributed by atoms with van der Waals surface area (Å²) < 4.78 is 5.63. The summed E-state index contributed by atoms with van der Waals surface area (Å²) in [4.78, 5) is 0.